The van der Waals surface area contributed by atoms with E-state index in [2.05, 4.69) is 4.98 Å². The van der Waals surface area contributed by atoms with Crippen molar-refractivity contribution in [1.29, 1.82) is 0 Å². The van der Waals surface area contributed by atoms with Crippen molar-refractivity contribution in [3.8, 4) is 0 Å². The molecule has 1 aromatic heterocycles. The summed E-state index contributed by atoms with van der Waals surface area (Å²) in [5, 5.41) is 17.9. The summed E-state index contributed by atoms with van der Waals surface area (Å²) in [6, 6.07) is -0.472. The number of hydrogen-bond acceptors (Lipinski definition) is 3. The number of rotatable bonds is 4. The first kappa shape index (κ1) is 11.1. The van der Waals surface area contributed by atoms with E-state index in [1.165, 1.54) is 0 Å². The predicted octanol–water partition coefficient (Wildman–Crippen LogP) is 0.770. The van der Waals surface area contributed by atoms with Crippen molar-refractivity contribution in [2.24, 2.45) is 0 Å². The van der Waals surface area contributed by atoms with Crippen LogP contribution < -0.4 is 0 Å². The first-order valence-corrected chi connectivity index (χ1v) is 5.62. The number of carboxylic acids is 1. The van der Waals surface area contributed by atoms with Gasteiger partial charge in [0.1, 0.15) is 11.9 Å². The fourth-order valence-corrected chi connectivity index (χ4v) is 2.27. The number of hydrogen-bond donors (Lipinski definition) is 2. The molecule has 0 amide bonds. The molecule has 5 nitrogen and oxygen atoms in total. The molecule has 0 spiro atoms. The lowest BCUT2D eigenvalue weighted by Gasteiger charge is -2.23. The highest BCUT2D eigenvalue weighted by Crippen LogP contribution is 2.27. The molecule has 2 N–H and O–H groups in total. The summed E-state index contributed by atoms with van der Waals surface area (Å²) in [6.45, 7) is 0.111. The van der Waals surface area contributed by atoms with Gasteiger partial charge in [-0.3, -0.25) is 0 Å². The maximum atomic E-state index is 11.1. The lowest BCUT2D eigenvalue weighted by Crippen LogP contribution is -2.26. The van der Waals surface area contributed by atoms with Crippen LogP contribution in [-0.2, 0) is 17.6 Å². The minimum absolute atomic E-state index is 0.111. The number of aliphatic carboxylic acids is 1. The number of aliphatic hydroxyl groups excluding tert-OH is 1. The van der Waals surface area contributed by atoms with Crippen molar-refractivity contribution in [3.63, 3.8) is 0 Å². The number of aliphatic hydroxyl groups is 1. The van der Waals surface area contributed by atoms with Crippen molar-refractivity contribution in [2.45, 2.75) is 38.1 Å². The van der Waals surface area contributed by atoms with Gasteiger partial charge < -0.3 is 14.8 Å². The number of carboxylic acid groups (broad SMARTS) is 1. The van der Waals surface area contributed by atoms with Crippen LogP contribution in [0, 0.1) is 0 Å². The molecule has 1 aliphatic rings. The van der Waals surface area contributed by atoms with Gasteiger partial charge >= 0.3 is 5.97 Å². The van der Waals surface area contributed by atoms with Crippen molar-refractivity contribution in [3.05, 3.63) is 17.7 Å². The Hall–Kier alpha value is -1.36. The Kier molecular flexibility index (Phi) is 3.24. The molecule has 16 heavy (non-hydrogen) atoms. The third kappa shape index (κ3) is 1.95. The summed E-state index contributed by atoms with van der Waals surface area (Å²) in [4.78, 5) is 15.4. The number of carbonyl (C=O) groups is 1. The lowest BCUT2D eigenvalue weighted by molar-refractivity contribution is -0.141. The van der Waals surface area contributed by atoms with Crippen LogP contribution in [0.4, 0.5) is 0 Å². The molecule has 0 aliphatic carbocycles. The molecule has 0 bridgehead atoms. The number of nitrogens with zero attached hydrogens (tertiary/aromatic N) is 2. The Balaban J connectivity index is 2.28. The van der Waals surface area contributed by atoms with Gasteiger partial charge in [0, 0.05) is 24.9 Å². The topological polar surface area (TPSA) is 75.3 Å². The van der Waals surface area contributed by atoms with Gasteiger partial charge in [-0.15, -0.1) is 0 Å². The first-order chi connectivity index (χ1) is 7.74. The summed E-state index contributed by atoms with van der Waals surface area (Å²) in [5.41, 5.74) is 1.01. The van der Waals surface area contributed by atoms with Gasteiger partial charge in [-0.1, -0.05) is 0 Å². The van der Waals surface area contributed by atoms with Crippen molar-refractivity contribution < 1.29 is 15.0 Å². The van der Waals surface area contributed by atoms with Crippen molar-refractivity contribution >= 4 is 5.97 Å². The smallest absolute Gasteiger partial charge is 0.326 e. The zero-order valence-corrected chi connectivity index (χ0v) is 9.09. The Morgan fingerprint density at radius 1 is 1.62 bits per heavy atom. The van der Waals surface area contributed by atoms with Crippen LogP contribution in [0.2, 0.25) is 0 Å². The Bertz CT molecular complexity index is 387. The van der Waals surface area contributed by atoms with Gasteiger partial charge in [0.05, 0.1) is 0 Å². The average molecular weight is 224 g/mol. The molecule has 1 aliphatic heterocycles. The second-order valence-corrected chi connectivity index (χ2v) is 4.11. The summed E-state index contributed by atoms with van der Waals surface area (Å²) < 4.78 is 1.83. The van der Waals surface area contributed by atoms with Crippen LogP contribution in [0.1, 0.15) is 36.8 Å². The molecular weight excluding hydrogens is 208 g/mol. The maximum Gasteiger partial charge on any atom is 0.326 e. The van der Waals surface area contributed by atoms with Crippen LogP contribution in [0.25, 0.3) is 0 Å². The van der Waals surface area contributed by atoms with Gasteiger partial charge in [-0.25, -0.2) is 9.78 Å². The fraction of sp³-hybridized carbons (Fsp3) is 0.636. The number of fused-ring (bicyclic) bond motifs is 1. The SMILES string of the molecule is O=C(O)C1CCCc2cnc(CCCO)n21. The molecule has 88 valence electrons. The van der Waals surface area contributed by atoms with Gasteiger partial charge in [-0.05, 0) is 25.7 Å². The van der Waals surface area contributed by atoms with Crippen LogP contribution >= 0.6 is 0 Å². The van der Waals surface area contributed by atoms with E-state index in [1.54, 1.807) is 6.20 Å². The van der Waals surface area contributed by atoms with Crippen LogP contribution in [0.3, 0.4) is 0 Å². The number of aryl methyl sites for hydroxylation is 2. The quantitative estimate of drug-likeness (QED) is 0.792. The van der Waals surface area contributed by atoms with E-state index in [1.807, 2.05) is 4.57 Å². The van der Waals surface area contributed by atoms with Crippen molar-refractivity contribution in [1.82, 2.24) is 9.55 Å². The minimum atomic E-state index is -0.788. The second kappa shape index (κ2) is 4.65. The van der Waals surface area contributed by atoms with Crippen LogP contribution in [-0.4, -0.2) is 32.3 Å². The zero-order valence-electron chi connectivity index (χ0n) is 9.09. The monoisotopic (exact) mass is 224 g/mol. The van der Waals surface area contributed by atoms with E-state index < -0.39 is 12.0 Å². The lowest BCUT2D eigenvalue weighted by atomic mass is 10.0. The molecule has 2 heterocycles. The fourth-order valence-electron chi connectivity index (χ4n) is 2.27. The van der Waals surface area contributed by atoms with E-state index in [9.17, 15) is 4.79 Å². The van der Waals surface area contributed by atoms with E-state index >= 15 is 0 Å². The van der Waals surface area contributed by atoms with E-state index in [4.69, 9.17) is 10.2 Å². The minimum Gasteiger partial charge on any atom is -0.480 e. The summed E-state index contributed by atoms with van der Waals surface area (Å²) in [5.74, 6) is 0.000323. The second-order valence-electron chi connectivity index (χ2n) is 4.11. The molecule has 1 aromatic rings. The molecule has 0 fully saturated rings. The highest BCUT2D eigenvalue weighted by atomic mass is 16.4. The third-order valence-corrected chi connectivity index (χ3v) is 3.02. The number of aromatic nitrogens is 2. The van der Waals surface area contributed by atoms with Gasteiger partial charge in [0.15, 0.2) is 0 Å². The molecule has 0 saturated heterocycles. The van der Waals surface area contributed by atoms with Gasteiger partial charge in [0.25, 0.3) is 0 Å². The van der Waals surface area contributed by atoms with Crippen molar-refractivity contribution in [2.75, 3.05) is 6.61 Å². The maximum absolute atomic E-state index is 11.1. The average Bonchev–Trinajstić information content (AvgIpc) is 2.69. The van der Waals surface area contributed by atoms with E-state index in [-0.39, 0.29) is 6.61 Å². The predicted molar refractivity (Wildman–Crippen MR) is 57.2 cm³/mol. The summed E-state index contributed by atoms with van der Waals surface area (Å²) >= 11 is 0. The molecule has 0 radical (unpaired) electrons. The third-order valence-electron chi connectivity index (χ3n) is 3.02. The normalized spacial score (nSPS) is 19.4. The Labute approximate surface area is 93.7 Å². The number of imidazole rings is 1. The van der Waals surface area contributed by atoms with Gasteiger partial charge in [-0.2, -0.15) is 0 Å². The molecule has 0 aromatic carbocycles. The molecular formula is C11H16N2O3. The van der Waals surface area contributed by atoms with E-state index in [0.29, 0.717) is 19.3 Å². The van der Waals surface area contributed by atoms with E-state index in [0.717, 1.165) is 24.4 Å². The molecule has 1 atom stereocenters. The molecule has 0 saturated carbocycles. The Morgan fingerprint density at radius 2 is 2.44 bits per heavy atom. The summed E-state index contributed by atoms with van der Waals surface area (Å²) in [7, 11) is 0. The van der Waals surface area contributed by atoms with Crippen LogP contribution in [0.15, 0.2) is 6.20 Å². The zero-order chi connectivity index (χ0) is 11.5. The standard InChI is InChI=1S/C11H16N2O3/c14-6-2-5-10-12-7-8-3-1-4-9(11(15)16)13(8)10/h7,9,14H,1-6H2,(H,15,16). The first-order valence-electron chi connectivity index (χ1n) is 5.62. The highest BCUT2D eigenvalue weighted by molar-refractivity contribution is 5.72. The molecule has 5 heteroatoms. The molecule has 1 unspecified atom stereocenters. The summed E-state index contributed by atoms with van der Waals surface area (Å²) in [6.07, 6.45) is 5.51. The largest absolute Gasteiger partial charge is 0.480 e. The molecule has 2 rings (SSSR count). The van der Waals surface area contributed by atoms with Gasteiger partial charge in [0.2, 0.25) is 0 Å². The van der Waals surface area contributed by atoms with Crippen LogP contribution in [0.5, 0.6) is 0 Å². The highest BCUT2D eigenvalue weighted by Gasteiger charge is 2.27. The Morgan fingerprint density at radius 3 is 3.12 bits per heavy atom.